The van der Waals surface area contributed by atoms with Gasteiger partial charge in [-0.25, -0.2) is 0 Å². The zero-order valence-electron chi connectivity index (χ0n) is 13.4. The Labute approximate surface area is 146 Å². The molecular weight excluding hydrogens is 343 g/mol. The van der Waals surface area contributed by atoms with Gasteiger partial charge in [0.1, 0.15) is 0 Å². The molecule has 3 rings (SSSR count). The van der Waals surface area contributed by atoms with E-state index in [9.17, 15) is 0 Å². The number of unbranched alkanes of at least 4 members (excludes halogenated alkanes) is 1. The van der Waals surface area contributed by atoms with Gasteiger partial charge in [-0.2, -0.15) is 0 Å². The first kappa shape index (κ1) is 15.9. The third-order valence-electron chi connectivity index (χ3n) is 4.66. The minimum atomic E-state index is -0.718. The van der Waals surface area contributed by atoms with Crippen LogP contribution in [0.3, 0.4) is 0 Å². The predicted octanol–water partition coefficient (Wildman–Crippen LogP) is 5.97. The Bertz CT molecular complexity index is 648. The van der Waals surface area contributed by atoms with Crippen molar-refractivity contribution in [2.75, 3.05) is 0 Å². The Morgan fingerprint density at radius 3 is 2.95 bits per heavy atom. The van der Waals surface area contributed by atoms with E-state index in [-0.39, 0.29) is 0 Å². The van der Waals surface area contributed by atoms with Gasteiger partial charge in [0, 0.05) is 0 Å². The quantitative estimate of drug-likeness (QED) is 0.521. The molecule has 1 heteroatoms. The van der Waals surface area contributed by atoms with Gasteiger partial charge in [-0.1, -0.05) is 0 Å². The van der Waals surface area contributed by atoms with Crippen molar-refractivity contribution >= 4 is 6.08 Å². The van der Waals surface area contributed by atoms with Gasteiger partial charge in [-0.3, -0.25) is 0 Å². The standard InChI is InChI=1S/C12H11.C9H13.Zr/c1-2-5-10-8-9-11-6-3-4-7-12(10)11;1-2-3-6-9-7-4-5-8-9;/h2-4,6-9H,1,5H2;4,7H,2-3,5-6H2,1H3;. The number of hydrogen-bond acceptors (Lipinski definition) is 0. The minimum absolute atomic E-state index is 0.292. The number of rotatable bonds is 7. The van der Waals surface area contributed by atoms with Crippen LogP contribution in [0.5, 0.6) is 0 Å². The summed E-state index contributed by atoms with van der Waals surface area (Å²) in [4.78, 5) is 0. The second-order valence-electron chi connectivity index (χ2n) is 6.22. The van der Waals surface area contributed by atoms with Gasteiger partial charge in [-0.05, 0) is 0 Å². The Morgan fingerprint density at radius 2 is 2.14 bits per heavy atom. The van der Waals surface area contributed by atoms with Crippen LogP contribution in [0.2, 0.25) is 0 Å². The molecule has 0 saturated carbocycles. The van der Waals surface area contributed by atoms with E-state index >= 15 is 0 Å². The first-order chi connectivity index (χ1) is 10.8. The molecule has 0 nitrogen and oxygen atoms in total. The molecule has 1 atom stereocenters. The van der Waals surface area contributed by atoms with E-state index < -0.39 is 23.2 Å². The fraction of sp³-hybridized carbons (Fsp3) is 0.333. The van der Waals surface area contributed by atoms with Gasteiger partial charge >= 0.3 is 147 Å². The molecule has 0 aliphatic heterocycles. The van der Waals surface area contributed by atoms with Crippen molar-refractivity contribution in [3.8, 4) is 0 Å². The summed E-state index contributed by atoms with van der Waals surface area (Å²) in [6.45, 7) is 6.33. The van der Waals surface area contributed by atoms with Crippen LogP contribution in [-0.4, -0.2) is 0 Å². The molecule has 22 heavy (non-hydrogen) atoms. The van der Waals surface area contributed by atoms with Gasteiger partial charge in [0.05, 0.1) is 0 Å². The molecule has 1 aromatic carbocycles. The van der Waals surface area contributed by atoms with E-state index in [4.69, 9.17) is 0 Å². The summed E-state index contributed by atoms with van der Waals surface area (Å²) in [5.41, 5.74) is 4.64. The molecule has 0 bridgehead atoms. The molecule has 0 heterocycles. The summed E-state index contributed by atoms with van der Waals surface area (Å²) in [5, 5.41) is 0. The summed E-state index contributed by atoms with van der Waals surface area (Å²) in [5.74, 6) is 0. The van der Waals surface area contributed by atoms with Crippen LogP contribution in [0, 0.1) is 0 Å². The monoisotopic (exact) mass is 366 g/mol. The summed E-state index contributed by atoms with van der Waals surface area (Å²) < 4.78 is 2.10. The maximum atomic E-state index is 4.05. The zero-order valence-corrected chi connectivity index (χ0v) is 15.9. The Kier molecular flexibility index (Phi) is 5.14. The fourth-order valence-corrected chi connectivity index (χ4v) is 8.17. The van der Waals surface area contributed by atoms with E-state index in [1.165, 1.54) is 31.2 Å². The predicted molar refractivity (Wildman–Crippen MR) is 92.3 cm³/mol. The molecule has 0 saturated heterocycles. The number of fused-ring (bicyclic) bond motifs is 1. The average Bonchev–Trinajstić information content (AvgIpc) is 3.12. The van der Waals surface area contributed by atoms with Crippen molar-refractivity contribution in [2.45, 2.75) is 42.2 Å². The Hall–Kier alpha value is -0.937. The summed E-state index contributed by atoms with van der Waals surface area (Å²) in [6, 6.07) is 8.95. The SMILES string of the molecule is C=CC[C]1([Zr][C]2=C(CCCC)C=CC2)C=Cc2ccccc21. The molecule has 0 fully saturated rings. The molecule has 2 aliphatic rings. The van der Waals surface area contributed by atoms with Crippen molar-refractivity contribution in [3.63, 3.8) is 0 Å². The van der Waals surface area contributed by atoms with Crippen LogP contribution >= 0.6 is 0 Å². The topological polar surface area (TPSA) is 0 Å². The number of benzene rings is 1. The van der Waals surface area contributed by atoms with E-state index in [0.717, 1.165) is 6.42 Å². The Morgan fingerprint density at radius 1 is 1.27 bits per heavy atom. The average molecular weight is 368 g/mol. The normalized spacial score (nSPS) is 22.2. The molecule has 2 aliphatic carbocycles. The van der Waals surface area contributed by atoms with E-state index in [1.807, 2.05) is 0 Å². The third kappa shape index (κ3) is 3.06. The first-order valence-corrected chi connectivity index (χ1v) is 10.8. The van der Waals surface area contributed by atoms with Gasteiger partial charge in [0.25, 0.3) is 0 Å². The van der Waals surface area contributed by atoms with Crippen LogP contribution in [0.25, 0.3) is 6.08 Å². The van der Waals surface area contributed by atoms with E-state index in [2.05, 4.69) is 68.1 Å². The van der Waals surface area contributed by atoms with Crippen molar-refractivity contribution in [1.29, 1.82) is 0 Å². The first-order valence-electron chi connectivity index (χ1n) is 8.35. The molecule has 0 N–H and O–H groups in total. The van der Waals surface area contributed by atoms with Crippen LogP contribution in [0.4, 0.5) is 0 Å². The van der Waals surface area contributed by atoms with E-state index in [1.54, 1.807) is 14.4 Å². The zero-order chi connectivity index (χ0) is 15.4. The van der Waals surface area contributed by atoms with Crippen molar-refractivity contribution in [1.82, 2.24) is 0 Å². The molecule has 112 valence electrons. The van der Waals surface area contributed by atoms with Gasteiger partial charge in [0.15, 0.2) is 0 Å². The Balaban J connectivity index is 1.91. The summed E-state index contributed by atoms with van der Waals surface area (Å²) in [7, 11) is 0. The molecule has 1 unspecified atom stereocenters. The van der Waals surface area contributed by atoms with Gasteiger partial charge < -0.3 is 0 Å². The second-order valence-corrected chi connectivity index (χ2v) is 10.5. The fourth-order valence-electron chi connectivity index (χ4n) is 3.49. The van der Waals surface area contributed by atoms with Crippen LogP contribution in [0.15, 0.2) is 64.0 Å². The van der Waals surface area contributed by atoms with Crippen molar-refractivity contribution < 1.29 is 23.2 Å². The molecule has 0 aromatic heterocycles. The molecule has 0 radical (unpaired) electrons. The number of hydrogen-bond donors (Lipinski definition) is 0. The van der Waals surface area contributed by atoms with E-state index in [0.29, 0.717) is 3.12 Å². The molecule has 0 spiro atoms. The van der Waals surface area contributed by atoms with Crippen LogP contribution < -0.4 is 0 Å². The van der Waals surface area contributed by atoms with Crippen molar-refractivity contribution in [3.05, 3.63) is 75.1 Å². The second kappa shape index (κ2) is 7.09. The van der Waals surface area contributed by atoms with Crippen LogP contribution in [0.1, 0.15) is 50.2 Å². The maximum absolute atomic E-state index is 4.05. The molecule has 1 aromatic rings. The summed E-state index contributed by atoms with van der Waals surface area (Å²) in [6.07, 6.45) is 17.9. The van der Waals surface area contributed by atoms with Crippen LogP contribution in [-0.2, 0) is 26.4 Å². The molecular formula is C21H24Zr. The molecule has 0 amide bonds. The summed E-state index contributed by atoms with van der Waals surface area (Å²) >= 11 is -0.718. The third-order valence-corrected chi connectivity index (χ3v) is 9.36. The number of allylic oxidation sites excluding steroid dienone is 6. The van der Waals surface area contributed by atoms with Gasteiger partial charge in [-0.15, -0.1) is 0 Å². The van der Waals surface area contributed by atoms with Gasteiger partial charge in [0.2, 0.25) is 0 Å². The van der Waals surface area contributed by atoms with Crippen molar-refractivity contribution in [2.24, 2.45) is 0 Å².